The molecule has 0 atom stereocenters. The molecule has 0 unspecified atom stereocenters. The highest BCUT2D eigenvalue weighted by Crippen LogP contribution is 2.17. The quantitative estimate of drug-likeness (QED) is 0.668. The van der Waals surface area contributed by atoms with Crippen molar-refractivity contribution >= 4 is 34.5 Å². The molecule has 0 bridgehead atoms. The van der Waals surface area contributed by atoms with Crippen LogP contribution in [0, 0.1) is 5.82 Å². The molecule has 0 saturated carbocycles. The van der Waals surface area contributed by atoms with E-state index in [2.05, 4.69) is 26.4 Å². The Bertz CT molecular complexity index is 267. The molecule has 0 radical (unpaired) electrons. The molecule has 1 aromatic rings. The van der Waals surface area contributed by atoms with E-state index in [0.29, 0.717) is 5.02 Å². The van der Waals surface area contributed by atoms with Crippen molar-refractivity contribution in [2.24, 2.45) is 0 Å². The molecule has 0 fully saturated rings. The van der Waals surface area contributed by atoms with Crippen molar-refractivity contribution in [1.82, 2.24) is 3.53 Å². The van der Waals surface area contributed by atoms with Crippen LogP contribution in [-0.4, -0.2) is 6.54 Å². The highest BCUT2D eigenvalue weighted by Gasteiger charge is 2.00. The summed E-state index contributed by atoms with van der Waals surface area (Å²) in [6.07, 6.45) is 0.821. The molecule has 12 heavy (non-hydrogen) atoms. The maximum atomic E-state index is 12.6. The first-order valence-electron chi connectivity index (χ1n) is 3.51. The third-order valence-electron chi connectivity index (χ3n) is 1.50. The molecule has 66 valence electrons. The summed E-state index contributed by atoms with van der Waals surface area (Å²) in [6, 6.07) is 4.48. The summed E-state index contributed by atoms with van der Waals surface area (Å²) in [5, 5.41) is 0.502. The highest BCUT2D eigenvalue weighted by atomic mass is 127. The van der Waals surface area contributed by atoms with Crippen molar-refractivity contribution in [3.05, 3.63) is 34.6 Å². The van der Waals surface area contributed by atoms with E-state index in [0.717, 1.165) is 18.5 Å². The summed E-state index contributed by atoms with van der Waals surface area (Å²) < 4.78 is 15.5. The lowest BCUT2D eigenvalue weighted by Gasteiger charge is -2.02. The van der Waals surface area contributed by atoms with Gasteiger partial charge in [-0.25, -0.2) is 4.39 Å². The lowest BCUT2D eigenvalue weighted by Crippen LogP contribution is -2.04. The first kappa shape index (κ1) is 10.2. The summed E-state index contributed by atoms with van der Waals surface area (Å²) in [4.78, 5) is 0. The van der Waals surface area contributed by atoms with Crippen molar-refractivity contribution < 1.29 is 4.39 Å². The second-order valence-corrected chi connectivity index (χ2v) is 3.54. The van der Waals surface area contributed by atoms with Crippen LogP contribution in [0.3, 0.4) is 0 Å². The second kappa shape index (κ2) is 4.99. The van der Waals surface area contributed by atoms with E-state index >= 15 is 0 Å². The Kier molecular flexibility index (Phi) is 4.25. The number of nitrogens with one attached hydrogen (secondary N) is 1. The van der Waals surface area contributed by atoms with E-state index in [4.69, 9.17) is 11.6 Å². The minimum absolute atomic E-state index is 0.286. The normalized spacial score (nSPS) is 10.2. The Labute approximate surface area is 89.8 Å². The van der Waals surface area contributed by atoms with Crippen molar-refractivity contribution in [2.75, 3.05) is 6.54 Å². The van der Waals surface area contributed by atoms with Crippen LogP contribution in [0.1, 0.15) is 5.56 Å². The van der Waals surface area contributed by atoms with Gasteiger partial charge >= 0.3 is 0 Å². The fraction of sp³-hybridized carbons (Fsp3) is 0.250. The number of hydrogen-bond acceptors (Lipinski definition) is 1. The SMILES string of the molecule is Fc1ccc(CCNI)c(Cl)c1. The van der Waals surface area contributed by atoms with Gasteiger partial charge in [0.05, 0.1) is 0 Å². The Morgan fingerprint density at radius 2 is 2.25 bits per heavy atom. The van der Waals surface area contributed by atoms with Crippen LogP contribution in [0.25, 0.3) is 0 Å². The Hall–Kier alpha value is 0.130. The Morgan fingerprint density at radius 3 is 2.83 bits per heavy atom. The molecule has 1 nitrogen and oxygen atoms in total. The van der Waals surface area contributed by atoms with Crippen molar-refractivity contribution in [2.45, 2.75) is 6.42 Å². The van der Waals surface area contributed by atoms with Crippen LogP contribution in [0.4, 0.5) is 4.39 Å². The molecule has 0 spiro atoms. The van der Waals surface area contributed by atoms with Crippen molar-refractivity contribution in [3.8, 4) is 0 Å². The van der Waals surface area contributed by atoms with Gasteiger partial charge in [0.1, 0.15) is 5.82 Å². The van der Waals surface area contributed by atoms with E-state index in [9.17, 15) is 4.39 Å². The standard InChI is InChI=1S/C8H8ClFIN/c9-8-5-7(10)2-1-6(8)3-4-12-11/h1-2,5,12H,3-4H2. The monoisotopic (exact) mass is 299 g/mol. The zero-order chi connectivity index (χ0) is 8.97. The molecule has 0 aliphatic rings. The second-order valence-electron chi connectivity index (χ2n) is 2.37. The predicted octanol–water partition coefficient (Wildman–Crippen LogP) is 2.96. The summed E-state index contributed by atoms with van der Waals surface area (Å²) in [6.45, 7) is 0.839. The summed E-state index contributed by atoms with van der Waals surface area (Å²) in [5.74, 6) is -0.286. The third kappa shape index (κ3) is 2.88. The van der Waals surface area contributed by atoms with Crippen molar-refractivity contribution in [3.63, 3.8) is 0 Å². The minimum Gasteiger partial charge on any atom is -0.261 e. The third-order valence-corrected chi connectivity index (χ3v) is 2.40. The van der Waals surface area contributed by atoms with Crippen LogP contribution in [0.15, 0.2) is 18.2 Å². The fourth-order valence-corrected chi connectivity index (χ4v) is 1.44. The molecule has 1 rings (SSSR count). The molecular formula is C8H8ClFIN. The minimum atomic E-state index is -0.286. The van der Waals surface area contributed by atoms with E-state index < -0.39 is 0 Å². The Morgan fingerprint density at radius 1 is 1.50 bits per heavy atom. The van der Waals surface area contributed by atoms with Gasteiger partial charge in [0, 0.05) is 34.4 Å². The van der Waals surface area contributed by atoms with Gasteiger partial charge in [0.15, 0.2) is 0 Å². The van der Waals surface area contributed by atoms with E-state index in [1.54, 1.807) is 6.07 Å². The smallest absolute Gasteiger partial charge is 0.124 e. The highest BCUT2D eigenvalue weighted by molar-refractivity contribution is 14.1. The van der Waals surface area contributed by atoms with E-state index in [1.165, 1.54) is 12.1 Å². The lowest BCUT2D eigenvalue weighted by molar-refractivity contribution is 0.627. The number of rotatable bonds is 3. The number of hydrogen-bond donors (Lipinski definition) is 1. The van der Waals surface area contributed by atoms with Gasteiger partial charge in [-0.2, -0.15) is 0 Å². The first-order valence-corrected chi connectivity index (χ1v) is 4.97. The molecule has 0 heterocycles. The largest absolute Gasteiger partial charge is 0.261 e. The van der Waals surface area contributed by atoms with Crippen LogP contribution in [0.5, 0.6) is 0 Å². The molecule has 0 amide bonds. The maximum Gasteiger partial charge on any atom is 0.124 e. The number of halogens is 3. The topological polar surface area (TPSA) is 12.0 Å². The van der Waals surface area contributed by atoms with Gasteiger partial charge in [-0.05, 0) is 24.1 Å². The zero-order valence-electron chi connectivity index (χ0n) is 6.28. The fourth-order valence-electron chi connectivity index (χ4n) is 0.906. The molecule has 0 aromatic heterocycles. The van der Waals surface area contributed by atoms with Gasteiger partial charge in [0.2, 0.25) is 0 Å². The molecule has 1 N–H and O–H groups in total. The van der Waals surface area contributed by atoms with Crippen molar-refractivity contribution in [1.29, 1.82) is 0 Å². The summed E-state index contributed by atoms with van der Waals surface area (Å²) in [7, 11) is 0. The molecule has 4 heteroatoms. The molecule has 0 aliphatic carbocycles. The van der Waals surface area contributed by atoms with Crippen LogP contribution in [-0.2, 0) is 6.42 Å². The maximum absolute atomic E-state index is 12.6. The van der Waals surface area contributed by atoms with Crippen LogP contribution >= 0.6 is 34.5 Å². The summed E-state index contributed by atoms with van der Waals surface area (Å²) >= 11 is 7.86. The molecule has 0 saturated heterocycles. The van der Waals surface area contributed by atoms with E-state index in [1.807, 2.05) is 0 Å². The van der Waals surface area contributed by atoms with Gasteiger partial charge in [-0.15, -0.1) is 0 Å². The summed E-state index contributed by atoms with van der Waals surface area (Å²) in [5.41, 5.74) is 0.974. The number of benzene rings is 1. The molecule has 0 aliphatic heterocycles. The first-order chi connectivity index (χ1) is 5.74. The average molecular weight is 300 g/mol. The van der Waals surface area contributed by atoms with Gasteiger partial charge < -0.3 is 0 Å². The van der Waals surface area contributed by atoms with Gasteiger partial charge in [0.25, 0.3) is 0 Å². The van der Waals surface area contributed by atoms with Crippen LogP contribution < -0.4 is 3.53 Å². The average Bonchev–Trinajstić information content (AvgIpc) is 2.03. The van der Waals surface area contributed by atoms with Gasteiger partial charge in [-0.3, -0.25) is 3.53 Å². The predicted molar refractivity (Wildman–Crippen MR) is 57.1 cm³/mol. The van der Waals surface area contributed by atoms with Crippen LogP contribution in [0.2, 0.25) is 5.02 Å². The van der Waals surface area contributed by atoms with E-state index in [-0.39, 0.29) is 5.82 Å². The van der Waals surface area contributed by atoms with Gasteiger partial charge in [-0.1, -0.05) is 17.7 Å². The lowest BCUT2D eigenvalue weighted by atomic mass is 10.1. The molecular weight excluding hydrogens is 291 g/mol. The Balaban J connectivity index is 2.72. The molecule has 1 aromatic carbocycles. The zero-order valence-corrected chi connectivity index (χ0v) is 9.19.